The zero-order valence-corrected chi connectivity index (χ0v) is 16.8. The van der Waals surface area contributed by atoms with Gasteiger partial charge in [0.1, 0.15) is 5.65 Å². The maximum absolute atomic E-state index is 12.7. The average Bonchev–Trinajstić information content (AvgIpc) is 3.06. The van der Waals surface area contributed by atoms with Crippen molar-refractivity contribution in [2.24, 2.45) is 0 Å². The van der Waals surface area contributed by atoms with E-state index in [0.29, 0.717) is 6.54 Å². The molecular formula is C23H23N5O. The summed E-state index contributed by atoms with van der Waals surface area (Å²) in [6, 6.07) is 12.2. The van der Waals surface area contributed by atoms with Gasteiger partial charge in [-0.3, -0.25) is 14.8 Å². The summed E-state index contributed by atoms with van der Waals surface area (Å²) in [5.41, 5.74) is 7.43. The molecule has 4 aromatic rings. The van der Waals surface area contributed by atoms with E-state index in [1.165, 1.54) is 5.56 Å². The van der Waals surface area contributed by atoms with Crippen molar-refractivity contribution >= 4 is 11.6 Å². The maximum Gasteiger partial charge on any atom is 0.226 e. The summed E-state index contributed by atoms with van der Waals surface area (Å²) in [6.07, 6.45) is 5.64. The van der Waals surface area contributed by atoms with Crippen molar-refractivity contribution in [3.05, 3.63) is 83.2 Å². The molecule has 6 nitrogen and oxygen atoms in total. The van der Waals surface area contributed by atoms with Crippen LogP contribution in [0.25, 0.3) is 16.9 Å². The fraction of sp³-hybridized carbons (Fsp3) is 0.217. The molecule has 0 aliphatic carbocycles. The zero-order chi connectivity index (χ0) is 20.4. The molecular weight excluding hydrogens is 362 g/mol. The number of hydrogen-bond acceptors (Lipinski definition) is 4. The fourth-order valence-electron chi connectivity index (χ4n) is 3.23. The largest absolute Gasteiger partial charge is 0.350 e. The van der Waals surface area contributed by atoms with Crippen LogP contribution in [0.3, 0.4) is 0 Å². The molecule has 1 amide bonds. The van der Waals surface area contributed by atoms with E-state index < -0.39 is 0 Å². The second-order valence-electron chi connectivity index (χ2n) is 7.31. The molecule has 0 saturated carbocycles. The van der Waals surface area contributed by atoms with Crippen molar-refractivity contribution in [2.75, 3.05) is 0 Å². The van der Waals surface area contributed by atoms with Gasteiger partial charge >= 0.3 is 0 Å². The van der Waals surface area contributed by atoms with Gasteiger partial charge in [-0.2, -0.15) is 0 Å². The van der Waals surface area contributed by atoms with Crippen LogP contribution in [0.15, 0.2) is 55.0 Å². The van der Waals surface area contributed by atoms with Crippen molar-refractivity contribution in [3.63, 3.8) is 0 Å². The third-order valence-corrected chi connectivity index (χ3v) is 4.82. The monoisotopic (exact) mass is 385 g/mol. The lowest BCUT2D eigenvalue weighted by Crippen LogP contribution is -2.25. The van der Waals surface area contributed by atoms with E-state index in [1.807, 2.05) is 48.7 Å². The first-order valence-electron chi connectivity index (χ1n) is 9.58. The SMILES string of the molecule is Cc1ccc(-c2nc3ccc(C)cn3c2CC(=O)NCc2cnc(C)cn2)cc1. The van der Waals surface area contributed by atoms with Gasteiger partial charge in [0.05, 0.1) is 41.9 Å². The van der Waals surface area contributed by atoms with Gasteiger partial charge < -0.3 is 9.72 Å². The van der Waals surface area contributed by atoms with E-state index in [1.54, 1.807) is 12.4 Å². The zero-order valence-electron chi connectivity index (χ0n) is 16.8. The first-order chi connectivity index (χ1) is 14.0. The second-order valence-corrected chi connectivity index (χ2v) is 7.31. The van der Waals surface area contributed by atoms with Crippen LogP contribution in [0.4, 0.5) is 0 Å². The van der Waals surface area contributed by atoms with Crippen LogP contribution >= 0.6 is 0 Å². The molecule has 0 unspecified atom stereocenters. The molecule has 1 N–H and O–H groups in total. The number of benzene rings is 1. The number of hydrogen-bond donors (Lipinski definition) is 1. The molecule has 0 aliphatic rings. The highest BCUT2D eigenvalue weighted by molar-refractivity contribution is 5.81. The Kier molecular flexibility index (Phi) is 5.08. The summed E-state index contributed by atoms with van der Waals surface area (Å²) >= 11 is 0. The van der Waals surface area contributed by atoms with Gasteiger partial charge in [0.15, 0.2) is 0 Å². The number of amides is 1. The van der Waals surface area contributed by atoms with Crippen molar-refractivity contribution in [1.82, 2.24) is 24.7 Å². The summed E-state index contributed by atoms with van der Waals surface area (Å²) < 4.78 is 2.01. The molecule has 4 rings (SSSR count). The van der Waals surface area contributed by atoms with Crippen LogP contribution in [0.5, 0.6) is 0 Å². The summed E-state index contributed by atoms with van der Waals surface area (Å²) in [4.78, 5) is 26.0. The first-order valence-corrected chi connectivity index (χ1v) is 9.58. The topological polar surface area (TPSA) is 72.2 Å². The Morgan fingerprint density at radius 2 is 1.72 bits per heavy atom. The minimum absolute atomic E-state index is 0.0796. The quantitative estimate of drug-likeness (QED) is 0.570. The number of imidazole rings is 1. The first kappa shape index (κ1) is 18.8. The average molecular weight is 385 g/mol. The second kappa shape index (κ2) is 7.83. The van der Waals surface area contributed by atoms with Crippen LogP contribution in [0.2, 0.25) is 0 Å². The molecule has 6 heteroatoms. The molecule has 0 fully saturated rings. The Bertz CT molecular complexity index is 1160. The molecule has 0 atom stereocenters. The lowest BCUT2D eigenvalue weighted by molar-refractivity contribution is -0.120. The molecule has 0 bridgehead atoms. The van der Waals surface area contributed by atoms with Gasteiger partial charge in [-0.25, -0.2) is 4.98 Å². The molecule has 0 spiro atoms. The van der Waals surface area contributed by atoms with E-state index in [0.717, 1.165) is 39.5 Å². The van der Waals surface area contributed by atoms with Crippen LogP contribution in [-0.2, 0) is 17.8 Å². The van der Waals surface area contributed by atoms with E-state index >= 15 is 0 Å². The number of carbonyl (C=O) groups is 1. The number of nitrogens with one attached hydrogen (secondary N) is 1. The number of rotatable bonds is 5. The highest BCUT2D eigenvalue weighted by Gasteiger charge is 2.17. The predicted octanol–water partition coefficient (Wildman–Crippen LogP) is 3.58. The number of fused-ring (bicyclic) bond motifs is 1. The van der Waals surface area contributed by atoms with Crippen LogP contribution in [-0.4, -0.2) is 25.3 Å². The van der Waals surface area contributed by atoms with Gasteiger partial charge in [0.2, 0.25) is 5.91 Å². The molecule has 0 saturated heterocycles. The van der Waals surface area contributed by atoms with Crippen molar-refractivity contribution in [2.45, 2.75) is 33.7 Å². The van der Waals surface area contributed by atoms with Crippen molar-refractivity contribution in [1.29, 1.82) is 0 Å². The summed E-state index contributed by atoms with van der Waals surface area (Å²) in [6.45, 7) is 6.32. The number of aromatic nitrogens is 4. The Balaban J connectivity index is 1.63. The van der Waals surface area contributed by atoms with Gasteiger partial charge in [0.25, 0.3) is 0 Å². The summed E-state index contributed by atoms with van der Waals surface area (Å²) in [5, 5.41) is 2.94. The van der Waals surface area contributed by atoms with Crippen LogP contribution in [0.1, 0.15) is 28.2 Å². The van der Waals surface area contributed by atoms with Gasteiger partial charge in [-0.1, -0.05) is 35.9 Å². The van der Waals surface area contributed by atoms with Crippen LogP contribution in [0, 0.1) is 20.8 Å². The molecule has 29 heavy (non-hydrogen) atoms. The van der Waals surface area contributed by atoms with E-state index in [2.05, 4.69) is 34.3 Å². The Morgan fingerprint density at radius 3 is 2.45 bits per heavy atom. The number of nitrogens with zero attached hydrogens (tertiary/aromatic N) is 4. The van der Waals surface area contributed by atoms with E-state index in [4.69, 9.17) is 4.98 Å². The third kappa shape index (κ3) is 4.16. The van der Waals surface area contributed by atoms with Crippen LogP contribution < -0.4 is 5.32 Å². The Labute approximate surface area is 169 Å². The Hall–Kier alpha value is -3.54. The lowest BCUT2D eigenvalue weighted by Gasteiger charge is -2.08. The maximum atomic E-state index is 12.7. The number of pyridine rings is 1. The standard InChI is InChI=1S/C23H23N5O/c1-15-4-7-18(8-5-15)23-20(28-14-16(2)6-9-21(28)27-23)10-22(29)26-13-19-12-24-17(3)11-25-19/h4-9,11-12,14H,10,13H2,1-3H3,(H,26,29). The smallest absolute Gasteiger partial charge is 0.226 e. The van der Waals surface area contributed by atoms with Gasteiger partial charge in [-0.15, -0.1) is 0 Å². The normalized spacial score (nSPS) is 11.0. The van der Waals surface area contributed by atoms with Gasteiger partial charge in [0, 0.05) is 18.0 Å². The summed E-state index contributed by atoms with van der Waals surface area (Å²) in [7, 11) is 0. The lowest BCUT2D eigenvalue weighted by atomic mass is 10.1. The Morgan fingerprint density at radius 1 is 0.966 bits per heavy atom. The van der Waals surface area contributed by atoms with E-state index in [-0.39, 0.29) is 12.3 Å². The highest BCUT2D eigenvalue weighted by Crippen LogP contribution is 2.26. The van der Waals surface area contributed by atoms with Crippen molar-refractivity contribution in [3.8, 4) is 11.3 Å². The highest BCUT2D eigenvalue weighted by atomic mass is 16.1. The minimum Gasteiger partial charge on any atom is -0.350 e. The third-order valence-electron chi connectivity index (χ3n) is 4.82. The minimum atomic E-state index is -0.0796. The summed E-state index contributed by atoms with van der Waals surface area (Å²) in [5.74, 6) is -0.0796. The molecule has 0 aliphatic heterocycles. The number of aryl methyl sites for hydroxylation is 3. The fourth-order valence-corrected chi connectivity index (χ4v) is 3.23. The predicted molar refractivity (Wildman–Crippen MR) is 112 cm³/mol. The molecule has 146 valence electrons. The molecule has 0 radical (unpaired) electrons. The van der Waals surface area contributed by atoms with Crippen molar-refractivity contribution < 1.29 is 4.79 Å². The molecule has 3 aromatic heterocycles. The molecule has 3 heterocycles. The molecule has 1 aromatic carbocycles. The van der Waals surface area contributed by atoms with E-state index in [9.17, 15) is 4.79 Å². The van der Waals surface area contributed by atoms with Gasteiger partial charge in [-0.05, 0) is 32.4 Å². The number of carbonyl (C=O) groups excluding carboxylic acids is 1.